The molecule has 1 aromatic carbocycles. The standard InChI is InChI=1S/C8H7O3S/c1-2-7-5-3-4-6-8(7)12(9,10)11/h2-5H,1H2,(H,9,10,11). The fourth-order valence-electron chi connectivity index (χ4n) is 0.819. The van der Waals surface area contributed by atoms with Crippen molar-refractivity contribution in [2.45, 2.75) is 4.90 Å². The highest BCUT2D eigenvalue weighted by Gasteiger charge is 2.12. The normalized spacial score (nSPS) is 11.1. The lowest BCUT2D eigenvalue weighted by Gasteiger charge is -1.99. The minimum absolute atomic E-state index is 0.236. The summed E-state index contributed by atoms with van der Waals surface area (Å²) < 4.78 is 30.1. The molecule has 4 heteroatoms. The van der Waals surface area contributed by atoms with Crippen molar-refractivity contribution in [2.75, 3.05) is 0 Å². The van der Waals surface area contributed by atoms with Gasteiger partial charge in [0.05, 0.1) is 0 Å². The van der Waals surface area contributed by atoms with E-state index in [1.807, 2.05) is 0 Å². The molecule has 1 radical (unpaired) electrons. The molecule has 0 aromatic heterocycles. The molecule has 0 aliphatic carbocycles. The van der Waals surface area contributed by atoms with Gasteiger partial charge in [0.15, 0.2) is 0 Å². The molecular weight excluding hydrogens is 176 g/mol. The van der Waals surface area contributed by atoms with Crippen molar-refractivity contribution < 1.29 is 13.0 Å². The smallest absolute Gasteiger partial charge is 0.282 e. The molecule has 63 valence electrons. The predicted molar refractivity (Wildman–Crippen MR) is 45.2 cm³/mol. The van der Waals surface area contributed by atoms with Gasteiger partial charge in [-0.1, -0.05) is 30.9 Å². The summed E-state index contributed by atoms with van der Waals surface area (Å²) in [5, 5.41) is 0. The molecule has 0 aliphatic heterocycles. The van der Waals surface area contributed by atoms with Crippen LogP contribution in [0.25, 0.3) is 6.08 Å². The van der Waals surface area contributed by atoms with Gasteiger partial charge in [0.25, 0.3) is 10.1 Å². The van der Waals surface area contributed by atoms with Crippen LogP contribution in [0, 0.1) is 6.07 Å². The maximum absolute atomic E-state index is 10.7. The number of hydrogen-bond donors (Lipinski definition) is 1. The number of benzene rings is 1. The van der Waals surface area contributed by atoms with E-state index in [-0.39, 0.29) is 4.90 Å². The van der Waals surface area contributed by atoms with Crippen LogP contribution in [0.4, 0.5) is 0 Å². The average Bonchev–Trinajstić information content (AvgIpc) is 2.03. The molecule has 0 aliphatic rings. The lowest BCUT2D eigenvalue weighted by molar-refractivity contribution is 0.483. The van der Waals surface area contributed by atoms with Crippen LogP contribution >= 0.6 is 0 Å². The zero-order chi connectivity index (χ0) is 9.19. The van der Waals surface area contributed by atoms with Crippen molar-refractivity contribution in [3.8, 4) is 0 Å². The van der Waals surface area contributed by atoms with Gasteiger partial charge in [0.1, 0.15) is 4.90 Å². The molecule has 0 unspecified atom stereocenters. The Hall–Kier alpha value is -1.13. The summed E-state index contributed by atoms with van der Waals surface area (Å²) >= 11 is 0. The molecule has 0 atom stereocenters. The average molecular weight is 183 g/mol. The van der Waals surface area contributed by atoms with Gasteiger partial charge < -0.3 is 0 Å². The van der Waals surface area contributed by atoms with Crippen LogP contribution in [-0.2, 0) is 10.1 Å². The second-order valence-corrected chi connectivity index (χ2v) is 3.49. The zero-order valence-electron chi connectivity index (χ0n) is 6.19. The van der Waals surface area contributed by atoms with Gasteiger partial charge in [-0.2, -0.15) is 8.42 Å². The third-order valence-electron chi connectivity index (χ3n) is 1.33. The van der Waals surface area contributed by atoms with E-state index in [4.69, 9.17) is 4.55 Å². The molecule has 0 spiro atoms. The van der Waals surface area contributed by atoms with Crippen LogP contribution in [-0.4, -0.2) is 13.0 Å². The van der Waals surface area contributed by atoms with Crippen molar-refractivity contribution in [1.29, 1.82) is 0 Å². The highest BCUT2D eigenvalue weighted by molar-refractivity contribution is 7.85. The summed E-state index contributed by atoms with van der Waals surface area (Å²) in [5.41, 5.74) is 0.347. The molecular formula is C8H7O3S. The van der Waals surface area contributed by atoms with Gasteiger partial charge in [-0.25, -0.2) is 0 Å². The van der Waals surface area contributed by atoms with Crippen molar-refractivity contribution in [1.82, 2.24) is 0 Å². The molecule has 1 aromatic rings. The summed E-state index contributed by atoms with van der Waals surface area (Å²) in [6.45, 7) is 3.41. The summed E-state index contributed by atoms with van der Waals surface area (Å²) in [5.74, 6) is 0. The molecule has 1 N–H and O–H groups in total. The van der Waals surface area contributed by atoms with E-state index in [1.54, 1.807) is 6.07 Å². The third-order valence-corrected chi connectivity index (χ3v) is 2.20. The fourth-order valence-corrected chi connectivity index (χ4v) is 1.48. The van der Waals surface area contributed by atoms with E-state index in [0.29, 0.717) is 5.56 Å². The molecule has 1 rings (SSSR count). The maximum atomic E-state index is 10.7. The largest absolute Gasteiger partial charge is 0.295 e. The first-order valence-corrected chi connectivity index (χ1v) is 4.60. The first-order valence-electron chi connectivity index (χ1n) is 3.16. The van der Waals surface area contributed by atoms with Crippen molar-refractivity contribution in [2.24, 2.45) is 0 Å². The predicted octanol–water partition coefficient (Wildman–Crippen LogP) is 1.38. The molecule has 0 bridgehead atoms. The van der Waals surface area contributed by atoms with E-state index in [2.05, 4.69) is 12.6 Å². The summed E-state index contributed by atoms with van der Waals surface area (Å²) in [6.07, 6.45) is 1.35. The molecule has 12 heavy (non-hydrogen) atoms. The van der Waals surface area contributed by atoms with E-state index < -0.39 is 10.1 Å². The molecule has 0 saturated heterocycles. The Morgan fingerprint density at radius 1 is 1.58 bits per heavy atom. The molecule has 0 heterocycles. The van der Waals surface area contributed by atoms with E-state index >= 15 is 0 Å². The first-order chi connectivity index (χ1) is 5.55. The Balaban J connectivity index is 3.43. The minimum Gasteiger partial charge on any atom is -0.282 e. The Bertz CT molecular complexity index is 393. The van der Waals surface area contributed by atoms with Gasteiger partial charge in [0.2, 0.25) is 0 Å². The van der Waals surface area contributed by atoms with Crippen LogP contribution in [0.3, 0.4) is 0 Å². The van der Waals surface area contributed by atoms with Crippen LogP contribution in [0.15, 0.2) is 29.7 Å². The third kappa shape index (κ3) is 1.72. The lowest BCUT2D eigenvalue weighted by Crippen LogP contribution is -2.00. The lowest BCUT2D eigenvalue weighted by atomic mass is 10.2. The van der Waals surface area contributed by atoms with Crippen LogP contribution < -0.4 is 0 Å². The van der Waals surface area contributed by atoms with E-state index in [0.717, 1.165) is 0 Å². The molecule has 0 fully saturated rings. The van der Waals surface area contributed by atoms with Gasteiger partial charge in [-0.05, 0) is 5.56 Å². The topological polar surface area (TPSA) is 54.4 Å². The summed E-state index contributed by atoms with van der Waals surface area (Å²) in [7, 11) is -4.17. The van der Waals surface area contributed by atoms with Crippen LogP contribution in [0.2, 0.25) is 0 Å². The van der Waals surface area contributed by atoms with Crippen molar-refractivity contribution >= 4 is 16.2 Å². The molecule has 0 saturated carbocycles. The monoisotopic (exact) mass is 183 g/mol. The Kier molecular flexibility index (Phi) is 2.30. The van der Waals surface area contributed by atoms with Gasteiger partial charge in [0, 0.05) is 6.07 Å². The van der Waals surface area contributed by atoms with E-state index in [1.165, 1.54) is 18.2 Å². The Morgan fingerprint density at radius 2 is 2.25 bits per heavy atom. The maximum Gasteiger partial charge on any atom is 0.295 e. The van der Waals surface area contributed by atoms with Gasteiger partial charge in [-0.3, -0.25) is 4.55 Å². The van der Waals surface area contributed by atoms with Crippen LogP contribution in [0.1, 0.15) is 5.56 Å². The highest BCUT2D eigenvalue weighted by atomic mass is 32.2. The van der Waals surface area contributed by atoms with Crippen LogP contribution in [0.5, 0.6) is 0 Å². The second-order valence-electron chi connectivity index (χ2n) is 2.13. The zero-order valence-corrected chi connectivity index (χ0v) is 7.00. The summed E-state index contributed by atoms with van der Waals surface area (Å²) in [6, 6.07) is 6.98. The fraction of sp³-hybridized carbons (Fsp3) is 0. The highest BCUT2D eigenvalue weighted by Crippen LogP contribution is 2.14. The second kappa shape index (κ2) is 3.08. The Morgan fingerprint density at radius 3 is 2.67 bits per heavy atom. The Labute approximate surface area is 71.1 Å². The SMILES string of the molecule is C=Cc1ccc[c]c1S(=O)(=O)O. The number of hydrogen-bond acceptors (Lipinski definition) is 2. The first kappa shape index (κ1) is 8.96. The van der Waals surface area contributed by atoms with Gasteiger partial charge in [-0.15, -0.1) is 0 Å². The number of rotatable bonds is 2. The van der Waals surface area contributed by atoms with Gasteiger partial charge >= 0.3 is 0 Å². The molecule has 3 nitrogen and oxygen atoms in total. The van der Waals surface area contributed by atoms with Crippen molar-refractivity contribution in [3.05, 3.63) is 36.4 Å². The minimum atomic E-state index is -4.17. The summed E-state index contributed by atoms with van der Waals surface area (Å²) in [4.78, 5) is -0.236. The van der Waals surface area contributed by atoms with E-state index in [9.17, 15) is 8.42 Å². The van der Waals surface area contributed by atoms with Crippen molar-refractivity contribution in [3.63, 3.8) is 0 Å². The quantitative estimate of drug-likeness (QED) is 0.704. The molecule has 0 amide bonds.